The van der Waals surface area contributed by atoms with Gasteiger partial charge in [-0.3, -0.25) is 4.79 Å². The third-order valence-electron chi connectivity index (χ3n) is 3.84. The molecule has 0 bridgehead atoms. The fraction of sp³-hybridized carbons (Fsp3) is 0.769. The van der Waals surface area contributed by atoms with Gasteiger partial charge >= 0.3 is 5.97 Å². The molecule has 0 aliphatic heterocycles. The number of nitrogens with zero attached hydrogens (tertiary/aromatic N) is 2. The molecule has 18 heavy (non-hydrogen) atoms. The van der Waals surface area contributed by atoms with E-state index in [9.17, 15) is 4.79 Å². The van der Waals surface area contributed by atoms with Gasteiger partial charge in [0.15, 0.2) is 0 Å². The quantitative estimate of drug-likeness (QED) is 0.891. The Morgan fingerprint density at radius 3 is 2.89 bits per heavy atom. The lowest BCUT2D eigenvalue weighted by molar-refractivity contribution is -0.137. The first-order chi connectivity index (χ1) is 8.49. The van der Waals surface area contributed by atoms with Gasteiger partial charge in [0, 0.05) is 12.3 Å². The highest BCUT2D eigenvalue weighted by Crippen LogP contribution is 2.46. The second-order valence-electron chi connectivity index (χ2n) is 5.71. The summed E-state index contributed by atoms with van der Waals surface area (Å²) in [6, 6.07) is 0. The van der Waals surface area contributed by atoms with E-state index in [-0.39, 0.29) is 11.8 Å². The van der Waals surface area contributed by atoms with E-state index in [0.29, 0.717) is 24.1 Å². The first-order valence-corrected chi connectivity index (χ1v) is 6.53. The topological polar surface area (TPSA) is 76.2 Å². The molecule has 1 fully saturated rings. The summed E-state index contributed by atoms with van der Waals surface area (Å²) in [6.45, 7) is 4.47. The minimum atomic E-state index is -0.840. The smallest absolute Gasteiger partial charge is 0.303 e. The van der Waals surface area contributed by atoms with Crippen LogP contribution in [0.2, 0.25) is 0 Å². The van der Waals surface area contributed by atoms with Crippen LogP contribution < -0.4 is 0 Å². The number of aryl methyl sites for hydroxylation is 1. The minimum absolute atomic E-state index is 0.0374. The fourth-order valence-electron chi connectivity index (χ4n) is 2.67. The standard InChI is InChI=1S/C13H20N2O3/c1-13(2)8-4-3-5-9(13)12-15-14-10(18-12)6-7-11(16)17/h9H,3-8H2,1-2H3,(H,16,17). The summed E-state index contributed by atoms with van der Waals surface area (Å²) in [5.74, 6) is 0.582. The molecule has 0 radical (unpaired) electrons. The summed E-state index contributed by atoms with van der Waals surface area (Å²) in [6.07, 6.45) is 5.05. The third-order valence-corrected chi connectivity index (χ3v) is 3.84. The lowest BCUT2D eigenvalue weighted by Gasteiger charge is -2.36. The number of hydrogen-bond acceptors (Lipinski definition) is 4. The van der Waals surface area contributed by atoms with Crippen molar-refractivity contribution >= 4 is 5.97 Å². The molecule has 100 valence electrons. The van der Waals surface area contributed by atoms with Crippen LogP contribution in [0, 0.1) is 5.41 Å². The van der Waals surface area contributed by atoms with Gasteiger partial charge < -0.3 is 9.52 Å². The lowest BCUT2D eigenvalue weighted by Crippen LogP contribution is -2.26. The van der Waals surface area contributed by atoms with E-state index in [1.54, 1.807) is 0 Å². The molecule has 1 heterocycles. The highest BCUT2D eigenvalue weighted by atomic mass is 16.4. The van der Waals surface area contributed by atoms with Gasteiger partial charge in [-0.05, 0) is 18.3 Å². The molecule has 1 aliphatic carbocycles. The maximum Gasteiger partial charge on any atom is 0.303 e. The van der Waals surface area contributed by atoms with Crippen LogP contribution in [0.15, 0.2) is 4.42 Å². The maximum atomic E-state index is 10.5. The van der Waals surface area contributed by atoms with Gasteiger partial charge in [-0.2, -0.15) is 0 Å². The van der Waals surface area contributed by atoms with Gasteiger partial charge in [0.1, 0.15) is 0 Å². The first-order valence-electron chi connectivity index (χ1n) is 6.53. The summed E-state index contributed by atoms with van der Waals surface area (Å²) in [5.41, 5.74) is 0.189. The van der Waals surface area contributed by atoms with Crippen molar-refractivity contribution in [1.82, 2.24) is 10.2 Å². The number of carboxylic acid groups (broad SMARTS) is 1. The largest absolute Gasteiger partial charge is 0.481 e. The Balaban J connectivity index is 2.06. The molecule has 1 aromatic heterocycles. The zero-order chi connectivity index (χ0) is 13.2. The molecule has 2 rings (SSSR count). The van der Waals surface area contributed by atoms with Crippen molar-refractivity contribution < 1.29 is 14.3 Å². The highest BCUT2D eigenvalue weighted by Gasteiger charge is 2.36. The molecule has 1 unspecified atom stereocenters. The molecule has 0 spiro atoms. The summed E-state index contributed by atoms with van der Waals surface area (Å²) in [7, 11) is 0. The van der Waals surface area contributed by atoms with E-state index in [4.69, 9.17) is 9.52 Å². The SMILES string of the molecule is CC1(C)CCCCC1c1nnc(CCC(=O)O)o1. The number of hydrogen-bond donors (Lipinski definition) is 1. The van der Waals surface area contributed by atoms with Crippen molar-refractivity contribution in [1.29, 1.82) is 0 Å². The second kappa shape index (κ2) is 5.08. The van der Waals surface area contributed by atoms with Crippen LogP contribution in [0.25, 0.3) is 0 Å². The summed E-state index contributed by atoms with van der Waals surface area (Å²) >= 11 is 0. The molecule has 1 N–H and O–H groups in total. The Labute approximate surface area is 107 Å². The van der Waals surface area contributed by atoms with Gasteiger partial charge in [-0.1, -0.05) is 26.7 Å². The summed E-state index contributed by atoms with van der Waals surface area (Å²) < 4.78 is 5.62. The van der Waals surface area contributed by atoms with Crippen LogP contribution in [-0.2, 0) is 11.2 Å². The molecule has 1 aliphatic rings. The number of carbonyl (C=O) groups is 1. The summed E-state index contributed by atoms with van der Waals surface area (Å²) in [5, 5.41) is 16.7. The van der Waals surface area contributed by atoms with E-state index in [1.165, 1.54) is 19.3 Å². The van der Waals surface area contributed by atoms with Gasteiger partial charge in [0.2, 0.25) is 11.8 Å². The van der Waals surface area contributed by atoms with Crippen molar-refractivity contribution in [2.75, 3.05) is 0 Å². The van der Waals surface area contributed by atoms with E-state index in [0.717, 1.165) is 6.42 Å². The molecule has 5 nitrogen and oxygen atoms in total. The number of carboxylic acids is 1. The highest BCUT2D eigenvalue weighted by molar-refractivity contribution is 5.66. The Kier molecular flexibility index (Phi) is 3.68. The van der Waals surface area contributed by atoms with Gasteiger partial charge in [0.25, 0.3) is 0 Å². The van der Waals surface area contributed by atoms with Gasteiger partial charge in [-0.25, -0.2) is 0 Å². The van der Waals surface area contributed by atoms with E-state index in [1.807, 2.05) is 0 Å². The van der Waals surface area contributed by atoms with Crippen LogP contribution in [0.4, 0.5) is 0 Å². The van der Waals surface area contributed by atoms with E-state index < -0.39 is 5.97 Å². The molecule has 1 atom stereocenters. The van der Waals surface area contributed by atoms with Crippen LogP contribution in [0.3, 0.4) is 0 Å². The van der Waals surface area contributed by atoms with Crippen molar-refractivity contribution in [3.8, 4) is 0 Å². The molecule has 0 amide bonds. The van der Waals surface area contributed by atoms with Crippen LogP contribution in [-0.4, -0.2) is 21.3 Å². The Morgan fingerprint density at radius 2 is 2.22 bits per heavy atom. The Hall–Kier alpha value is -1.39. The molecular weight excluding hydrogens is 232 g/mol. The molecule has 0 saturated heterocycles. The number of aliphatic carboxylic acids is 1. The molecular formula is C13H20N2O3. The van der Waals surface area contributed by atoms with Gasteiger partial charge in [-0.15, -0.1) is 10.2 Å². The predicted octanol–water partition coefficient (Wildman–Crippen LogP) is 2.77. The number of aromatic nitrogens is 2. The van der Waals surface area contributed by atoms with Crippen LogP contribution in [0.5, 0.6) is 0 Å². The average Bonchev–Trinajstić information content (AvgIpc) is 2.74. The van der Waals surface area contributed by atoms with Crippen LogP contribution in [0.1, 0.15) is 63.7 Å². The fourth-order valence-corrected chi connectivity index (χ4v) is 2.67. The van der Waals surface area contributed by atoms with Crippen molar-refractivity contribution in [2.45, 2.75) is 58.3 Å². The van der Waals surface area contributed by atoms with Crippen LogP contribution >= 0.6 is 0 Å². The summed E-state index contributed by atoms with van der Waals surface area (Å²) in [4.78, 5) is 10.5. The minimum Gasteiger partial charge on any atom is -0.481 e. The molecule has 1 saturated carbocycles. The zero-order valence-electron chi connectivity index (χ0n) is 11.0. The predicted molar refractivity (Wildman–Crippen MR) is 65.2 cm³/mol. The molecule has 5 heteroatoms. The van der Waals surface area contributed by atoms with Crippen molar-refractivity contribution in [2.24, 2.45) is 5.41 Å². The van der Waals surface area contributed by atoms with E-state index >= 15 is 0 Å². The van der Waals surface area contributed by atoms with Crippen molar-refractivity contribution in [3.05, 3.63) is 11.8 Å². The molecule has 1 aromatic rings. The van der Waals surface area contributed by atoms with Crippen molar-refractivity contribution in [3.63, 3.8) is 0 Å². The van der Waals surface area contributed by atoms with Gasteiger partial charge in [0.05, 0.1) is 6.42 Å². The van der Waals surface area contributed by atoms with E-state index in [2.05, 4.69) is 24.0 Å². The third kappa shape index (κ3) is 2.89. The monoisotopic (exact) mass is 252 g/mol. The Bertz CT molecular complexity index is 426. The second-order valence-corrected chi connectivity index (χ2v) is 5.71. The average molecular weight is 252 g/mol. The lowest BCUT2D eigenvalue weighted by atomic mass is 9.69. The zero-order valence-corrected chi connectivity index (χ0v) is 11.0. The first kappa shape index (κ1) is 13.1. The number of rotatable bonds is 4. The maximum absolute atomic E-state index is 10.5. The molecule has 0 aromatic carbocycles. The Morgan fingerprint density at radius 1 is 1.44 bits per heavy atom. The normalized spacial score (nSPS) is 22.9.